The molecule has 8 N–H and O–H groups in total. The first kappa shape index (κ1) is 18.8. The highest BCUT2D eigenvalue weighted by atomic mass is 15.0. The van der Waals surface area contributed by atoms with Gasteiger partial charge in [-0.05, 0) is 31.4 Å². The third kappa shape index (κ3) is 3.93. The van der Waals surface area contributed by atoms with Crippen LogP contribution in [0.1, 0.15) is 61.2 Å². The maximum Gasteiger partial charge on any atom is 0.149 e. The lowest BCUT2D eigenvalue weighted by Crippen LogP contribution is -2.24. The van der Waals surface area contributed by atoms with Crippen LogP contribution in [0.25, 0.3) is 0 Å². The number of para-hydroxylation sites is 1. The van der Waals surface area contributed by atoms with Gasteiger partial charge in [0, 0.05) is 34.6 Å². The maximum absolute atomic E-state index is 8.68. The first-order valence-electron chi connectivity index (χ1n) is 9.30. The molecule has 142 valence electrons. The van der Waals surface area contributed by atoms with Crippen LogP contribution in [-0.2, 0) is 0 Å². The highest BCUT2D eigenvalue weighted by Crippen LogP contribution is 2.30. The molecule has 0 bridgehead atoms. The van der Waals surface area contributed by atoms with Gasteiger partial charge in [0.1, 0.15) is 12.2 Å². The fourth-order valence-corrected chi connectivity index (χ4v) is 3.71. The van der Waals surface area contributed by atoms with Gasteiger partial charge in [0.15, 0.2) is 0 Å². The topological polar surface area (TPSA) is 140 Å². The number of hydrogen-bond acceptors (Lipinski definition) is 4. The van der Waals surface area contributed by atoms with Gasteiger partial charge in [-0.25, -0.2) is 4.99 Å². The van der Waals surface area contributed by atoms with Gasteiger partial charge in [-0.3, -0.25) is 10.8 Å². The Morgan fingerprint density at radius 1 is 1.30 bits per heavy atom. The van der Waals surface area contributed by atoms with Crippen LogP contribution in [-0.4, -0.2) is 28.9 Å². The van der Waals surface area contributed by atoms with E-state index in [4.69, 9.17) is 22.3 Å². The number of hydrogen-bond donors (Lipinski definition) is 6. The minimum absolute atomic E-state index is 0.189. The van der Waals surface area contributed by atoms with Crippen molar-refractivity contribution >= 4 is 23.6 Å². The molecule has 1 aromatic carbocycles. The minimum Gasteiger partial charge on any atom is -0.398 e. The molecule has 2 heterocycles. The summed E-state index contributed by atoms with van der Waals surface area (Å²) < 4.78 is 0. The number of aromatic amines is 1. The molecule has 1 aliphatic heterocycles. The Morgan fingerprint density at radius 3 is 2.78 bits per heavy atom. The molecule has 0 amide bonds. The van der Waals surface area contributed by atoms with Crippen LogP contribution >= 0.6 is 0 Å². The third-order valence-corrected chi connectivity index (χ3v) is 5.05. The lowest BCUT2D eigenvalue weighted by atomic mass is 10.00. The average Bonchev–Trinajstić information content (AvgIpc) is 3.29. The number of amidine groups is 1. The molecule has 0 saturated carbocycles. The zero-order valence-electron chi connectivity index (χ0n) is 15.5. The summed E-state index contributed by atoms with van der Waals surface area (Å²) in [5.41, 5.74) is 15.8. The fourth-order valence-electron chi connectivity index (χ4n) is 3.71. The molecule has 7 heteroatoms. The van der Waals surface area contributed by atoms with Crippen LogP contribution in [0.3, 0.4) is 0 Å². The highest BCUT2D eigenvalue weighted by molar-refractivity contribution is 6.19. The Hall–Kier alpha value is -2.93. The van der Waals surface area contributed by atoms with Gasteiger partial charge < -0.3 is 21.8 Å². The predicted molar refractivity (Wildman–Crippen MR) is 111 cm³/mol. The molecule has 2 aromatic rings. The van der Waals surface area contributed by atoms with Crippen molar-refractivity contribution in [3.8, 4) is 0 Å². The third-order valence-electron chi connectivity index (χ3n) is 5.05. The maximum atomic E-state index is 8.68. The zero-order chi connectivity index (χ0) is 19.4. The first-order chi connectivity index (χ1) is 13.0. The summed E-state index contributed by atoms with van der Waals surface area (Å²) in [6.45, 7) is 2.19. The van der Waals surface area contributed by atoms with Crippen LogP contribution in [0.4, 0.5) is 5.69 Å². The van der Waals surface area contributed by atoms with E-state index in [2.05, 4.69) is 22.2 Å². The number of nitrogens with two attached hydrogens (primary N) is 2. The van der Waals surface area contributed by atoms with Crippen molar-refractivity contribution in [2.45, 2.75) is 44.7 Å². The summed E-state index contributed by atoms with van der Waals surface area (Å²) in [4.78, 5) is 7.23. The van der Waals surface area contributed by atoms with E-state index in [-0.39, 0.29) is 17.6 Å². The molecular weight excluding hydrogens is 338 g/mol. The van der Waals surface area contributed by atoms with Crippen molar-refractivity contribution < 1.29 is 0 Å². The molecule has 1 fully saturated rings. The van der Waals surface area contributed by atoms with Gasteiger partial charge in [0.25, 0.3) is 0 Å². The van der Waals surface area contributed by atoms with Gasteiger partial charge in [-0.15, -0.1) is 0 Å². The van der Waals surface area contributed by atoms with Gasteiger partial charge in [-0.1, -0.05) is 31.5 Å². The Balaban J connectivity index is 1.98. The summed E-state index contributed by atoms with van der Waals surface area (Å²) in [5.74, 6) is 0.189. The van der Waals surface area contributed by atoms with Crippen LogP contribution in [0.2, 0.25) is 0 Å². The minimum atomic E-state index is 0.189. The Morgan fingerprint density at radius 2 is 2.07 bits per heavy atom. The van der Waals surface area contributed by atoms with Crippen molar-refractivity contribution in [3.63, 3.8) is 0 Å². The van der Waals surface area contributed by atoms with Crippen molar-refractivity contribution in [3.05, 3.63) is 52.8 Å². The molecule has 3 rings (SSSR count). The number of rotatable bonds is 7. The van der Waals surface area contributed by atoms with Crippen LogP contribution in [0.5, 0.6) is 0 Å². The van der Waals surface area contributed by atoms with E-state index in [0.717, 1.165) is 37.7 Å². The molecule has 1 aromatic heterocycles. The number of benzene rings is 1. The van der Waals surface area contributed by atoms with Crippen LogP contribution in [0, 0.1) is 10.8 Å². The summed E-state index contributed by atoms with van der Waals surface area (Å²) in [5, 5.41) is 19.5. The second kappa shape index (κ2) is 8.18. The molecule has 0 aliphatic carbocycles. The average molecular weight is 365 g/mol. The highest BCUT2D eigenvalue weighted by Gasteiger charge is 2.27. The number of anilines is 1. The van der Waals surface area contributed by atoms with Gasteiger partial charge in [0.2, 0.25) is 0 Å². The molecular formula is C20H27N7. The van der Waals surface area contributed by atoms with E-state index < -0.39 is 0 Å². The standard InChI is InChI=1S/C20H27N7/c1-2-5-12-8-9-16(26-12)17-10-14(19(27-17)20(24)25-11-21)18(23)13-6-3-4-7-15(13)22/h3-4,6-7,10-12,16,23,26-27H,2,5,8-9,22H2,1H3,(H3,21,24,25)/t12-,16-/m1/s1. The quantitative estimate of drug-likeness (QED) is 0.255. The van der Waals surface area contributed by atoms with E-state index >= 15 is 0 Å². The number of nitrogens with zero attached hydrogens (tertiary/aromatic N) is 1. The number of aliphatic imine (C=N–C) groups is 1. The van der Waals surface area contributed by atoms with E-state index in [1.54, 1.807) is 6.07 Å². The van der Waals surface area contributed by atoms with Crippen molar-refractivity contribution in [2.75, 3.05) is 5.73 Å². The van der Waals surface area contributed by atoms with Gasteiger partial charge in [-0.2, -0.15) is 0 Å². The second-order valence-corrected chi connectivity index (χ2v) is 6.90. The molecule has 1 saturated heterocycles. The summed E-state index contributed by atoms with van der Waals surface area (Å²) in [6, 6.07) is 9.98. The Labute approximate surface area is 159 Å². The van der Waals surface area contributed by atoms with Gasteiger partial charge >= 0.3 is 0 Å². The van der Waals surface area contributed by atoms with E-state index in [1.807, 2.05) is 24.3 Å². The number of aromatic nitrogens is 1. The van der Waals surface area contributed by atoms with Gasteiger partial charge in [0.05, 0.1) is 11.4 Å². The smallest absolute Gasteiger partial charge is 0.149 e. The largest absolute Gasteiger partial charge is 0.398 e. The Bertz CT molecular complexity index is 865. The normalized spacial score (nSPS) is 20.0. The first-order valence-corrected chi connectivity index (χ1v) is 9.30. The number of H-pyrrole nitrogens is 1. The second-order valence-electron chi connectivity index (χ2n) is 6.90. The summed E-state index contributed by atoms with van der Waals surface area (Å²) >= 11 is 0. The van der Waals surface area contributed by atoms with Crippen LogP contribution in [0.15, 0.2) is 35.3 Å². The number of nitrogens with one attached hydrogen (secondary N) is 4. The van der Waals surface area contributed by atoms with Crippen LogP contribution < -0.4 is 16.8 Å². The number of nitrogen functional groups attached to an aromatic ring is 1. The zero-order valence-corrected chi connectivity index (χ0v) is 15.5. The van der Waals surface area contributed by atoms with E-state index in [0.29, 0.717) is 28.6 Å². The molecule has 2 atom stereocenters. The molecule has 0 spiro atoms. The van der Waals surface area contributed by atoms with E-state index in [1.165, 1.54) is 0 Å². The van der Waals surface area contributed by atoms with Crippen molar-refractivity contribution in [2.24, 2.45) is 10.7 Å². The molecule has 0 unspecified atom stereocenters. The lowest BCUT2D eigenvalue weighted by Gasteiger charge is -2.12. The molecule has 7 nitrogen and oxygen atoms in total. The van der Waals surface area contributed by atoms with Crippen molar-refractivity contribution in [1.82, 2.24) is 10.3 Å². The fraction of sp³-hybridized carbons (Fsp3) is 0.350. The summed E-state index contributed by atoms with van der Waals surface area (Å²) in [6.07, 6.45) is 5.39. The Kier molecular flexibility index (Phi) is 5.71. The monoisotopic (exact) mass is 365 g/mol. The molecule has 0 radical (unpaired) electrons. The van der Waals surface area contributed by atoms with Crippen molar-refractivity contribution in [1.29, 1.82) is 10.8 Å². The predicted octanol–water partition coefficient (Wildman–Crippen LogP) is 2.92. The SMILES string of the molecule is CCC[C@@H]1CC[C@H](c2cc(C(=N)c3ccccc3N)c(/C(N)=N\C=N)[nH]2)N1. The summed E-state index contributed by atoms with van der Waals surface area (Å²) in [7, 11) is 0. The molecule has 1 aliphatic rings. The lowest BCUT2D eigenvalue weighted by molar-refractivity contribution is 0.511. The molecule has 27 heavy (non-hydrogen) atoms. The van der Waals surface area contributed by atoms with E-state index in [9.17, 15) is 0 Å².